The average molecular weight is 736 g/mol. The predicted molar refractivity (Wildman–Crippen MR) is 212 cm³/mol. The van der Waals surface area contributed by atoms with Crippen LogP contribution in [0.25, 0.3) is 10.8 Å². The van der Waals surface area contributed by atoms with Gasteiger partial charge in [0, 0.05) is 31.3 Å². The van der Waals surface area contributed by atoms with Gasteiger partial charge in [0.05, 0.1) is 12.8 Å². The Bertz CT molecular complexity index is 1410. The van der Waals surface area contributed by atoms with Gasteiger partial charge in [-0.2, -0.15) is 0 Å². The van der Waals surface area contributed by atoms with Crippen molar-refractivity contribution in [1.82, 2.24) is 4.90 Å². The van der Waals surface area contributed by atoms with Crippen molar-refractivity contribution in [3.8, 4) is 11.8 Å². The van der Waals surface area contributed by atoms with Crippen LogP contribution < -0.4 is 0 Å². The van der Waals surface area contributed by atoms with Crippen molar-refractivity contribution < 1.29 is 38.5 Å². The third kappa shape index (κ3) is 25.5. The van der Waals surface area contributed by atoms with Crippen LogP contribution in [0.1, 0.15) is 130 Å². The van der Waals surface area contributed by atoms with E-state index in [2.05, 4.69) is 107 Å². The van der Waals surface area contributed by atoms with Gasteiger partial charge in [-0.25, -0.2) is 0 Å². The second-order valence-corrected chi connectivity index (χ2v) is 14.5. The monoisotopic (exact) mass is 735 g/mol. The molecule has 0 amide bonds. The molecule has 53 heavy (non-hydrogen) atoms. The van der Waals surface area contributed by atoms with E-state index in [0.29, 0.717) is 0 Å². The molecule has 0 bridgehead atoms. The Morgan fingerprint density at radius 1 is 0.755 bits per heavy atom. The number of unbranched alkanes of at least 4 members (excludes halogenated alkanes) is 8. The largest absolute Gasteiger partial charge is 0.481 e. The first-order valence-electron chi connectivity index (χ1n) is 19.4. The minimum absolute atomic E-state index is 0.0686. The highest BCUT2D eigenvalue weighted by molar-refractivity contribution is 5.85. The van der Waals surface area contributed by atoms with Crippen LogP contribution in [0, 0.1) is 17.3 Å². The highest BCUT2D eigenvalue weighted by Gasteiger charge is 2.20. The summed E-state index contributed by atoms with van der Waals surface area (Å²) in [7, 11) is 2.14. The van der Waals surface area contributed by atoms with Gasteiger partial charge in [0.15, 0.2) is 6.10 Å². The first-order chi connectivity index (χ1) is 25.3. The number of rotatable bonds is 24. The number of ether oxygens (including phenoxy) is 3. The molecule has 0 unspecified atom stereocenters. The topological polar surface area (TPSA) is 119 Å². The predicted octanol–water partition coefficient (Wildman–Crippen LogP) is 9.45. The summed E-state index contributed by atoms with van der Waals surface area (Å²) in [5, 5.41) is 11.3. The normalized spacial score (nSPS) is 11.2. The van der Waals surface area contributed by atoms with Gasteiger partial charge in [-0.05, 0) is 63.1 Å². The lowest BCUT2D eigenvalue weighted by atomic mass is 9.98. The molecule has 0 heterocycles. The van der Waals surface area contributed by atoms with Crippen LogP contribution in [0.15, 0.2) is 54.6 Å². The van der Waals surface area contributed by atoms with Crippen LogP contribution in [-0.2, 0) is 39.9 Å². The van der Waals surface area contributed by atoms with E-state index < -0.39 is 30.0 Å². The molecule has 0 fully saturated rings. The Morgan fingerprint density at radius 2 is 1.32 bits per heavy atom. The summed E-state index contributed by atoms with van der Waals surface area (Å²) in [6, 6.07) is 15.1. The van der Waals surface area contributed by atoms with Crippen molar-refractivity contribution in [3.05, 3.63) is 60.2 Å². The first kappa shape index (κ1) is 46.9. The molecule has 294 valence electrons. The van der Waals surface area contributed by atoms with E-state index in [9.17, 15) is 19.2 Å². The van der Waals surface area contributed by atoms with Gasteiger partial charge in [0.25, 0.3) is 0 Å². The third-order valence-corrected chi connectivity index (χ3v) is 8.06. The fourth-order valence-corrected chi connectivity index (χ4v) is 5.17. The van der Waals surface area contributed by atoms with E-state index in [1.165, 1.54) is 16.3 Å². The molecular formula is C44H65NO8. The first-order valence-corrected chi connectivity index (χ1v) is 19.4. The maximum absolute atomic E-state index is 11.9. The van der Waals surface area contributed by atoms with Gasteiger partial charge >= 0.3 is 23.9 Å². The molecule has 0 saturated carbocycles. The number of hydrogen-bond acceptors (Lipinski definition) is 8. The van der Waals surface area contributed by atoms with Gasteiger partial charge in [-0.3, -0.25) is 24.1 Å². The van der Waals surface area contributed by atoms with E-state index in [1.54, 1.807) is 0 Å². The summed E-state index contributed by atoms with van der Waals surface area (Å²) < 4.78 is 15.5. The smallest absolute Gasteiger partial charge is 0.306 e. The number of hydrogen-bond donors (Lipinski definition) is 1. The van der Waals surface area contributed by atoms with Crippen LogP contribution in [0.3, 0.4) is 0 Å². The number of likely N-dealkylation sites (N-methyl/N-ethyl adjacent to an activating group) is 1. The van der Waals surface area contributed by atoms with E-state index in [0.717, 1.165) is 77.3 Å². The number of carboxylic acids is 1. The molecule has 2 aromatic rings. The van der Waals surface area contributed by atoms with Gasteiger partial charge in [0.1, 0.15) is 13.2 Å². The molecule has 2 rings (SSSR count). The van der Waals surface area contributed by atoms with E-state index in [4.69, 9.17) is 19.3 Å². The number of esters is 3. The van der Waals surface area contributed by atoms with Crippen LogP contribution >= 0.6 is 0 Å². The highest BCUT2D eigenvalue weighted by Crippen LogP contribution is 2.19. The Hall–Kier alpha value is -4.16. The minimum Gasteiger partial charge on any atom is -0.481 e. The average Bonchev–Trinajstić information content (AvgIpc) is 3.11. The Morgan fingerprint density at radius 3 is 1.89 bits per heavy atom. The van der Waals surface area contributed by atoms with Gasteiger partial charge in [-0.15, -0.1) is 0 Å². The molecule has 9 heteroatoms. The summed E-state index contributed by atoms with van der Waals surface area (Å²) >= 11 is 0. The Kier molecular flexibility index (Phi) is 25.1. The standard InChI is InChI=1S/C23H40O8.C21H25N/c1-3-5-7-9-11-13-21(26)29-17-19(31-23(28)16-15-20(24)25)18-30-22(27)14-12-10-8-6-4-2;1-21(2,3)15-8-5-9-16-22(4)17-19-13-10-12-18-11-6-7-14-20(18)19/h19H,3-18H2,1-2H3,(H,24,25);5-7,9-14H,16-17H2,1-4H3. The molecule has 0 aromatic heterocycles. The zero-order chi connectivity index (χ0) is 39.3. The summed E-state index contributed by atoms with van der Waals surface area (Å²) in [5.41, 5.74) is 1.44. The molecule has 0 aliphatic heterocycles. The van der Waals surface area contributed by atoms with Crippen LogP contribution in [0.2, 0.25) is 0 Å². The lowest BCUT2D eigenvalue weighted by Crippen LogP contribution is -2.31. The van der Waals surface area contributed by atoms with Crippen molar-refractivity contribution >= 4 is 34.6 Å². The number of nitrogens with zero attached hydrogens (tertiary/aromatic N) is 1. The molecule has 0 radical (unpaired) electrons. The molecule has 0 atom stereocenters. The number of allylic oxidation sites excluding steroid dienone is 1. The zero-order valence-electron chi connectivity index (χ0n) is 33.3. The van der Waals surface area contributed by atoms with Crippen LogP contribution in [0.4, 0.5) is 0 Å². The number of carboxylic acid groups (broad SMARTS) is 1. The van der Waals surface area contributed by atoms with Gasteiger partial charge in [-0.1, -0.05) is 126 Å². The summed E-state index contributed by atoms with van der Waals surface area (Å²) in [4.78, 5) is 48.5. The number of fused-ring (bicyclic) bond motifs is 1. The number of carbonyl (C=O) groups excluding carboxylic acids is 3. The fourth-order valence-electron chi connectivity index (χ4n) is 5.17. The maximum Gasteiger partial charge on any atom is 0.306 e. The third-order valence-electron chi connectivity index (χ3n) is 8.06. The van der Waals surface area contributed by atoms with Crippen molar-refractivity contribution in [3.63, 3.8) is 0 Å². The molecule has 0 aliphatic carbocycles. The molecule has 1 N–H and O–H groups in total. The second kappa shape index (κ2) is 28.4. The van der Waals surface area contributed by atoms with Crippen molar-refractivity contribution in [2.75, 3.05) is 26.8 Å². The van der Waals surface area contributed by atoms with Gasteiger partial charge < -0.3 is 19.3 Å². The molecule has 0 aliphatic rings. The maximum atomic E-state index is 11.9. The molecular weight excluding hydrogens is 670 g/mol. The number of aliphatic carboxylic acids is 1. The van der Waals surface area contributed by atoms with Crippen LogP contribution in [0.5, 0.6) is 0 Å². The van der Waals surface area contributed by atoms with Crippen molar-refractivity contribution in [2.24, 2.45) is 5.41 Å². The minimum atomic E-state index is -1.11. The second-order valence-electron chi connectivity index (χ2n) is 14.5. The van der Waals surface area contributed by atoms with Crippen molar-refractivity contribution in [1.29, 1.82) is 0 Å². The number of carbonyl (C=O) groups is 4. The quantitative estimate of drug-likeness (QED) is 0.0487. The SMILES string of the molecule is CCCCCCCC(=O)OCC(COC(=O)CCCCCCC)OC(=O)CCC(=O)O.CN(CC=CC#CC(C)(C)C)Cc1cccc2ccccc12. The molecule has 0 spiro atoms. The molecule has 9 nitrogen and oxygen atoms in total. The molecule has 0 saturated heterocycles. The van der Waals surface area contributed by atoms with E-state index in [-0.39, 0.29) is 44.3 Å². The molecule has 2 aromatic carbocycles. The van der Waals surface area contributed by atoms with E-state index in [1.807, 2.05) is 6.08 Å². The van der Waals surface area contributed by atoms with Crippen LogP contribution in [-0.4, -0.2) is 66.8 Å². The van der Waals surface area contributed by atoms with Gasteiger partial charge in [0.2, 0.25) is 0 Å². The Labute approximate surface area is 318 Å². The number of benzene rings is 2. The van der Waals surface area contributed by atoms with E-state index >= 15 is 0 Å². The Balaban J connectivity index is 0.000000558. The zero-order valence-corrected chi connectivity index (χ0v) is 33.3. The fraction of sp³-hybridized carbons (Fsp3) is 0.591. The van der Waals surface area contributed by atoms with Crippen molar-refractivity contribution in [2.45, 2.75) is 137 Å². The summed E-state index contributed by atoms with van der Waals surface area (Å²) in [6.45, 7) is 12.0. The summed E-state index contributed by atoms with van der Waals surface area (Å²) in [6.07, 6.45) is 13.1. The summed E-state index contributed by atoms with van der Waals surface area (Å²) in [5.74, 6) is 3.68. The lowest BCUT2D eigenvalue weighted by molar-refractivity contribution is -0.167. The highest BCUT2D eigenvalue weighted by atomic mass is 16.6. The lowest BCUT2D eigenvalue weighted by Gasteiger charge is -2.18.